The van der Waals surface area contributed by atoms with Crippen LogP contribution in [0.5, 0.6) is 0 Å². The van der Waals surface area contributed by atoms with Crippen molar-refractivity contribution < 1.29 is 9.53 Å². The maximum Gasteiger partial charge on any atom is 0.319 e. The molecular weight excluding hydrogens is 230 g/mol. The molecule has 2 fully saturated rings. The molecule has 2 aliphatic rings. The second kappa shape index (κ2) is 5.45. The summed E-state index contributed by atoms with van der Waals surface area (Å²) in [5.41, 5.74) is -0.0195. The summed E-state index contributed by atoms with van der Waals surface area (Å²) in [6, 6.07) is 0.117. The van der Waals surface area contributed by atoms with E-state index >= 15 is 0 Å². The Kier molecular flexibility index (Phi) is 4.12. The van der Waals surface area contributed by atoms with E-state index in [0.29, 0.717) is 0 Å². The Balaban J connectivity index is 1.94. The van der Waals surface area contributed by atoms with Crippen molar-refractivity contribution in [2.45, 2.75) is 24.9 Å². The van der Waals surface area contributed by atoms with Crippen LogP contribution in [0.25, 0.3) is 0 Å². The number of likely N-dealkylation sites (tertiary alicyclic amines) is 1. The number of piperidine rings is 1. The van der Waals surface area contributed by atoms with Crippen molar-refractivity contribution in [3.05, 3.63) is 0 Å². The van der Waals surface area contributed by atoms with Gasteiger partial charge in [-0.05, 0) is 26.3 Å². The van der Waals surface area contributed by atoms with Crippen LogP contribution >= 0.6 is 0 Å². The van der Waals surface area contributed by atoms with Gasteiger partial charge in [0.1, 0.15) is 0 Å². The van der Waals surface area contributed by atoms with E-state index in [9.17, 15) is 4.79 Å². The molecule has 0 aromatic heterocycles. The van der Waals surface area contributed by atoms with Crippen molar-refractivity contribution in [3.63, 3.8) is 0 Å². The van der Waals surface area contributed by atoms with E-state index in [1.54, 1.807) is 4.90 Å². The number of ether oxygens (including phenoxy) is 1. The lowest BCUT2D eigenvalue weighted by atomic mass is 9.90. The fraction of sp³-hybridized carbons (Fsp3) is 0.923. The standard InChI is InChI=1S/C13H25N3O2/c1-14(2)12(17)16-8-5-13(6-9-16)11-15(3)7-4-10-18-13/h4-11H2,1-3H3. The zero-order valence-electron chi connectivity index (χ0n) is 11.8. The second-order valence-corrected chi connectivity index (χ2v) is 5.79. The lowest BCUT2D eigenvalue weighted by Gasteiger charge is -2.42. The fourth-order valence-corrected chi connectivity index (χ4v) is 2.93. The Morgan fingerprint density at radius 2 is 1.89 bits per heavy atom. The monoisotopic (exact) mass is 255 g/mol. The minimum absolute atomic E-state index is 0.0195. The highest BCUT2D eigenvalue weighted by atomic mass is 16.5. The van der Waals surface area contributed by atoms with Crippen LogP contribution < -0.4 is 0 Å². The summed E-state index contributed by atoms with van der Waals surface area (Å²) in [7, 11) is 5.78. The fourth-order valence-electron chi connectivity index (χ4n) is 2.93. The van der Waals surface area contributed by atoms with E-state index in [0.717, 1.165) is 52.0 Å². The van der Waals surface area contributed by atoms with Gasteiger partial charge in [0.05, 0.1) is 5.60 Å². The summed E-state index contributed by atoms with van der Waals surface area (Å²) >= 11 is 0. The van der Waals surface area contributed by atoms with Crippen LogP contribution in [-0.2, 0) is 4.74 Å². The third kappa shape index (κ3) is 2.95. The van der Waals surface area contributed by atoms with Gasteiger partial charge in [0, 0.05) is 46.9 Å². The Labute approximate surface area is 110 Å². The summed E-state index contributed by atoms with van der Waals surface area (Å²) in [6.45, 7) is 4.58. The van der Waals surface area contributed by atoms with Crippen LogP contribution in [0.15, 0.2) is 0 Å². The third-order valence-corrected chi connectivity index (χ3v) is 3.98. The predicted octanol–water partition coefficient (Wildman–Crippen LogP) is 0.855. The van der Waals surface area contributed by atoms with Crippen molar-refractivity contribution in [2.75, 3.05) is 53.9 Å². The third-order valence-electron chi connectivity index (χ3n) is 3.98. The van der Waals surface area contributed by atoms with Gasteiger partial charge in [-0.15, -0.1) is 0 Å². The number of amides is 2. The number of rotatable bonds is 0. The first kappa shape index (κ1) is 13.6. The first-order valence-electron chi connectivity index (χ1n) is 6.81. The Hall–Kier alpha value is -0.810. The number of likely N-dealkylation sites (N-methyl/N-ethyl adjacent to an activating group) is 1. The van der Waals surface area contributed by atoms with Crippen molar-refractivity contribution in [1.29, 1.82) is 0 Å². The van der Waals surface area contributed by atoms with Crippen LogP contribution in [0.1, 0.15) is 19.3 Å². The van der Waals surface area contributed by atoms with Gasteiger partial charge in [-0.1, -0.05) is 0 Å². The summed E-state index contributed by atoms with van der Waals surface area (Å²) in [5, 5.41) is 0. The van der Waals surface area contributed by atoms with Gasteiger partial charge in [-0.3, -0.25) is 0 Å². The molecule has 2 rings (SSSR count). The average Bonchev–Trinajstić information content (AvgIpc) is 2.51. The van der Waals surface area contributed by atoms with Crippen molar-refractivity contribution in [3.8, 4) is 0 Å². The summed E-state index contributed by atoms with van der Waals surface area (Å²) in [6.07, 6.45) is 3.02. The average molecular weight is 255 g/mol. The first-order valence-corrected chi connectivity index (χ1v) is 6.81. The van der Waals surface area contributed by atoms with Crippen LogP contribution in [0, 0.1) is 0 Å². The minimum Gasteiger partial charge on any atom is -0.373 e. The molecule has 104 valence electrons. The Morgan fingerprint density at radius 1 is 1.22 bits per heavy atom. The lowest BCUT2D eigenvalue weighted by Crippen LogP contribution is -2.53. The largest absolute Gasteiger partial charge is 0.373 e. The van der Waals surface area contributed by atoms with Crippen molar-refractivity contribution >= 4 is 6.03 Å². The van der Waals surface area contributed by atoms with Crippen molar-refractivity contribution in [2.24, 2.45) is 0 Å². The predicted molar refractivity (Wildman–Crippen MR) is 70.7 cm³/mol. The molecule has 0 radical (unpaired) electrons. The highest BCUT2D eigenvalue weighted by Gasteiger charge is 2.38. The molecular formula is C13H25N3O2. The van der Waals surface area contributed by atoms with E-state index in [1.165, 1.54) is 0 Å². The zero-order chi connectivity index (χ0) is 13.2. The molecule has 0 aromatic rings. The molecule has 0 aromatic carbocycles. The first-order chi connectivity index (χ1) is 8.52. The molecule has 0 atom stereocenters. The Bertz CT molecular complexity index is 299. The van der Waals surface area contributed by atoms with Gasteiger partial charge < -0.3 is 19.4 Å². The molecule has 1 spiro atoms. The van der Waals surface area contributed by atoms with Gasteiger partial charge in [0.15, 0.2) is 0 Å². The van der Waals surface area contributed by atoms with Gasteiger partial charge in [0.25, 0.3) is 0 Å². The lowest BCUT2D eigenvalue weighted by molar-refractivity contribution is -0.0776. The van der Waals surface area contributed by atoms with Gasteiger partial charge in [0.2, 0.25) is 0 Å². The van der Waals surface area contributed by atoms with Crippen LogP contribution in [0.3, 0.4) is 0 Å². The molecule has 18 heavy (non-hydrogen) atoms. The van der Waals surface area contributed by atoms with E-state index in [1.807, 2.05) is 19.0 Å². The quantitative estimate of drug-likeness (QED) is 0.644. The molecule has 0 aliphatic carbocycles. The number of carbonyl (C=O) groups excluding carboxylic acids is 1. The van der Waals surface area contributed by atoms with Gasteiger partial charge in [-0.2, -0.15) is 0 Å². The van der Waals surface area contributed by atoms with Gasteiger partial charge in [-0.25, -0.2) is 4.79 Å². The minimum atomic E-state index is -0.0195. The topological polar surface area (TPSA) is 36.0 Å². The van der Waals surface area contributed by atoms with Gasteiger partial charge >= 0.3 is 6.03 Å². The van der Waals surface area contributed by atoms with Crippen LogP contribution in [-0.4, -0.2) is 80.3 Å². The molecule has 5 nitrogen and oxygen atoms in total. The van der Waals surface area contributed by atoms with E-state index in [2.05, 4.69) is 11.9 Å². The summed E-state index contributed by atoms with van der Waals surface area (Å²) < 4.78 is 6.10. The normalized spacial score (nSPS) is 24.9. The molecule has 2 amide bonds. The SMILES string of the molecule is CN1CCCOC2(CCN(C(=O)N(C)C)CC2)C1. The number of nitrogens with zero attached hydrogens (tertiary/aromatic N) is 3. The molecule has 2 aliphatic heterocycles. The molecule has 2 saturated heterocycles. The molecule has 0 unspecified atom stereocenters. The van der Waals surface area contributed by atoms with E-state index < -0.39 is 0 Å². The number of urea groups is 1. The maximum absolute atomic E-state index is 11.9. The van der Waals surface area contributed by atoms with Crippen LogP contribution in [0.4, 0.5) is 4.79 Å². The summed E-state index contributed by atoms with van der Waals surface area (Å²) in [5.74, 6) is 0. The molecule has 0 bridgehead atoms. The van der Waals surface area contributed by atoms with E-state index in [-0.39, 0.29) is 11.6 Å². The summed E-state index contributed by atoms with van der Waals surface area (Å²) in [4.78, 5) is 17.8. The number of hydrogen-bond acceptors (Lipinski definition) is 3. The highest BCUT2D eigenvalue weighted by molar-refractivity contribution is 5.73. The van der Waals surface area contributed by atoms with E-state index in [4.69, 9.17) is 4.74 Å². The molecule has 2 heterocycles. The van der Waals surface area contributed by atoms with Crippen LogP contribution in [0.2, 0.25) is 0 Å². The maximum atomic E-state index is 11.9. The molecule has 5 heteroatoms. The number of carbonyl (C=O) groups is 1. The van der Waals surface area contributed by atoms with Crippen molar-refractivity contribution in [1.82, 2.24) is 14.7 Å². The smallest absolute Gasteiger partial charge is 0.319 e. The molecule has 0 saturated carbocycles. The second-order valence-electron chi connectivity index (χ2n) is 5.79. The zero-order valence-corrected chi connectivity index (χ0v) is 11.8. The number of hydrogen-bond donors (Lipinski definition) is 0. The molecule has 0 N–H and O–H groups in total. The Morgan fingerprint density at radius 3 is 2.50 bits per heavy atom. The highest BCUT2D eigenvalue weighted by Crippen LogP contribution is 2.29.